The van der Waals surface area contributed by atoms with Gasteiger partial charge in [-0.3, -0.25) is 4.79 Å². The van der Waals surface area contributed by atoms with Gasteiger partial charge in [-0.1, -0.05) is 91.9 Å². The molecule has 6 heteroatoms. The Morgan fingerprint density at radius 1 is 0.872 bits per heavy atom. The monoisotopic (exact) mass is 534 g/mol. The lowest BCUT2D eigenvalue weighted by atomic mass is 9.72. The molecule has 6 nitrogen and oxygen atoms in total. The van der Waals surface area contributed by atoms with Gasteiger partial charge >= 0.3 is 5.97 Å². The first-order valence-electron chi connectivity index (χ1n) is 13.7. The second-order valence-electron chi connectivity index (χ2n) is 10.6. The smallest absolute Gasteiger partial charge is 0.313 e. The molecule has 3 aromatic rings. The van der Waals surface area contributed by atoms with Crippen LogP contribution in [0.3, 0.4) is 0 Å². The number of aliphatic carboxylic acids is 1. The third kappa shape index (κ3) is 7.99. The van der Waals surface area contributed by atoms with Gasteiger partial charge in [-0.05, 0) is 88.5 Å². The maximum atomic E-state index is 11.6. The average Bonchev–Trinajstić information content (AvgIpc) is 2.99. The number of carboxylic acid groups (broad SMARTS) is 1. The Bertz CT molecular complexity index is 1070. The lowest BCUT2D eigenvalue weighted by Crippen LogP contribution is -2.43. The molecule has 39 heavy (non-hydrogen) atoms. The molecule has 212 valence electrons. The quantitative estimate of drug-likeness (QED) is 0.326. The zero-order valence-electron chi connectivity index (χ0n) is 24.0. The zero-order chi connectivity index (χ0) is 29.1. The highest BCUT2D eigenvalue weighted by molar-refractivity contribution is 5.80. The number of benzene rings is 3. The number of aliphatic hydroxyl groups excluding tert-OH is 1. The summed E-state index contributed by atoms with van der Waals surface area (Å²) in [5, 5.41) is 30.3. The van der Waals surface area contributed by atoms with Gasteiger partial charge in [-0.25, -0.2) is 0 Å². The van der Waals surface area contributed by atoms with Crippen molar-refractivity contribution in [3.63, 3.8) is 0 Å². The van der Waals surface area contributed by atoms with Crippen LogP contribution in [0.2, 0.25) is 0 Å². The second-order valence-corrected chi connectivity index (χ2v) is 10.6. The molecule has 1 atom stereocenters. The second kappa shape index (κ2) is 14.9. The molecule has 0 aromatic heterocycles. The molecular weight excluding hydrogens is 488 g/mol. The summed E-state index contributed by atoms with van der Waals surface area (Å²) >= 11 is 0. The van der Waals surface area contributed by atoms with Crippen LogP contribution in [0.25, 0.3) is 0 Å². The van der Waals surface area contributed by atoms with Crippen LogP contribution >= 0.6 is 0 Å². The molecule has 5 N–H and O–H groups in total. The van der Waals surface area contributed by atoms with Gasteiger partial charge in [0, 0.05) is 0 Å². The van der Waals surface area contributed by atoms with Gasteiger partial charge in [0.1, 0.15) is 5.60 Å². The maximum Gasteiger partial charge on any atom is 0.313 e. The largest absolute Gasteiger partial charge is 0.481 e. The summed E-state index contributed by atoms with van der Waals surface area (Å²) in [6, 6.07) is 27.3. The predicted molar refractivity (Wildman–Crippen MR) is 159 cm³/mol. The Morgan fingerprint density at radius 2 is 1.31 bits per heavy atom. The van der Waals surface area contributed by atoms with E-state index in [-0.39, 0.29) is 5.92 Å². The summed E-state index contributed by atoms with van der Waals surface area (Å²) in [7, 11) is 3.65. The van der Waals surface area contributed by atoms with Crippen LogP contribution in [0.5, 0.6) is 0 Å². The van der Waals surface area contributed by atoms with E-state index in [4.69, 9.17) is 5.11 Å². The number of likely N-dealkylation sites (tertiary alicyclic amines) is 1. The van der Waals surface area contributed by atoms with Crippen molar-refractivity contribution >= 4 is 5.97 Å². The van der Waals surface area contributed by atoms with Crippen molar-refractivity contribution < 1.29 is 20.1 Å². The molecule has 3 aromatic carbocycles. The van der Waals surface area contributed by atoms with Gasteiger partial charge in [0.05, 0.1) is 11.5 Å². The SMILES string of the molecule is CCC(O)c1ccc(C(C)(C)C(=O)O)cc1.CN.CN1CCC(C(O)(c2ccccc2)c2ccccc2)CC1. The molecule has 1 aliphatic heterocycles. The van der Waals surface area contributed by atoms with Crippen LogP contribution in [0.1, 0.15) is 68.4 Å². The van der Waals surface area contributed by atoms with E-state index < -0.39 is 23.1 Å². The van der Waals surface area contributed by atoms with Crippen molar-refractivity contribution in [1.29, 1.82) is 0 Å². The fraction of sp³-hybridized carbons (Fsp3) is 0.424. The fourth-order valence-corrected chi connectivity index (χ4v) is 4.93. The van der Waals surface area contributed by atoms with E-state index >= 15 is 0 Å². The van der Waals surface area contributed by atoms with Crippen molar-refractivity contribution in [3.8, 4) is 0 Å². The van der Waals surface area contributed by atoms with E-state index in [2.05, 4.69) is 17.7 Å². The molecule has 1 heterocycles. The lowest BCUT2D eigenvalue weighted by molar-refractivity contribution is -0.142. The number of hydrogen-bond acceptors (Lipinski definition) is 5. The Balaban J connectivity index is 0.000000267. The standard InChI is InChI=1S/C19H23NO.C13H18O3.CH5N/c1-20-14-12-18(13-15-20)19(21,16-8-4-2-5-9-16)17-10-6-3-7-11-17;1-4-11(14)9-5-7-10(8-6-9)13(2,3)12(15)16;1-2/h2-11,18,21H,12-15H2,1H3;5-8,11,14H,4H2,1-3H3,(H,15,16);2H2,1H3. The van der Waals surface area contributed by atoms with Gasteiger partial charge in [-0.2, -0.15) is 0 Å². The minimum Gasteiger partial charge on any atom is -0.481 e. The number of aliphatic hydroxyl groups is 2. The van der Waals surface area contributed by atoms with Crippen LogP contribution in [-0.4, -0.2) is 53.4 Å². The van der Waals surface area contributed by atoms with E-state index in [1.807, 2.05) is 67.6 Å². The molecule has 1 fully saturated rings. The number of nitrogens with zero attached hydrogens (tertiary/aromatic N) is 1. The van der Waals surface area contributed by atoms with Gasteiger partial charge < -0.3 is 26.0 Å². The van der Waals surface area contributed by atoms with Crippen LogP contribution < -0.4 is 5.73 Å². The normalized spacial score (nSPS) is 15.3. The highest BCUT2D eigenvalue weighted by Gasteiger charge is 2.41. The van der Waals surface area contributed by atoms with Crippen molar-refractivity contribution in [3.05, 3.63) is 107 Å². The first kappa shape index (κ1) is 32.2. The molecular formula is C33H46N2O4. The van der Waals surface area contributed by atoms with Crippen LogP contribution in [0.15, 0.2) is 84.9 Å². The summed E-state index contributed by atoms with van der Waals surface area (Å²) in [5.41, 5.74) is 6.30. The molecule has 1 aliphatic rings. The first-order chi connectivity index (χ1) is 18.6. The Morgan fingerprint density at radius 3 is 1.69 bits per heavy atom. The van der Waals surface area contributed by atoms with E-state index in [9.17, 15) is 15.0 Å². The number of hydrogen-bond donors (Lipinski definition) is 4. The van der Waals surface area contributed by atoms with E-state index in [1.165, 1.54) is 7.05 Å². The number of carbonyl (C=O) groups is 1. The number of piperidine rings is 1. The van der Waals surface area contributed by atoms with E-state index in [0.29, 0.717) is 6.42 Å². The fourth-order valence-electron chi connectivity index (χ4n) is 4.93. The van der Waals surface area contributed by atoms with E-state index in [1.54, 1.807) is 38.1 Å². The van der Waals surface area contributed by atoms with Gasteiger partial charge in [0.25, 0.3) is 0 Å². The van der Waals surface area contributed by atoms with Crippen molar-refractivity contribution in [1.82, 2.24) is 4.90 Å². The molecule has 0 radical (unpaired) electrons. The van der Waals surface area contributed by atoms with Crippen molar-refractivity contribution in [2.75, 3.05) is 27.2 Å². The molecule has 0 saturated carbocycles. The number of nitrogens with two attached hydrogens (primary N) is 1. The molecule has 0 bridgehead atoms. The number of rotatable bonds is 7. The highest BCUT2D eigenvalue weighted by atomic mass is 16.4. The van der Waals surface area contributed by atoms with Gasteiger partial charge in [-0.15, -0.1) is 0 Å². The third-order valence-electron chi connectivity index (χ3n) is 7.68. The maximum absolute atomic E-state index is 11.6. The number of carboxylic acids is 1. The van der Waals surface area contributed by atoms with Crippen LogP contribution in [-0.2, 0) is 15.8 Å². The summed E-state index contributed by atoms with van der Waals surface area (Å²) in [6.07, 6.45) is 2.23. The highest BCUT2D eigenvalue weighted by Crippen LogP contribution is 2.41. The molecule has 1 saturated heterocycles. The Labute approximate surface area is 234 Å². The van der Waals surface area contributed by atoms with Crippen LogP contribution in [0.4, 0.5) is 0 Å². The topological polar surface area (TPSA) is 107 Å². The summed E-state index contributed by atoms with van der Waals surface area (Å²) in [5.74, 6) is -0.588. The summed E-state index contributed by atoms with van der Waals surface area (Å²) in [6.45, 7) is 7.33. The lowest BCUT2D eigenvalue weighted by Gasteiger charge is -2.41. The molecule has 0 aliphatic carbocycles. The van der Waals surface area contributed by atoms with Crippen molar-refractivity contribution in [2.45, 2.75) is 57.2 Å². The average molecular weight is 535 g/mol. The summed E-state index contributed by atoms with van der Waals surface area (Å²) < 4.78 is 0. The van der Waals surface area contributed by atoms with E-state index in [0.717, 1.165) is 48.2 Å². The minimum atomic E-state index is -0.893. The third-order valence-corrected chi connectivity index (χ3v) is 7.68. The first-order valence-corrected chi connectivity index (χ1v) is 13.7. The van der Waals surface area contributed by atoms with Gasteiger partial charge in [0.15, 0.2) is 0 Å². The minimum absolute atomic E-state index is 0.262. The Hall–Kier alpha value is -3.03. The zero-order valence-corrected chi connectivity index (χ0v) is 24.0. The van der Waals surface area contributed by atoms with Crippen LogP contribution in [0, 0.1) is 5.92 Å². The van der Waals surface area contributed by atoms with Gasteiger partial charge in [0.2, 0.25) is 0 Å². The molecule has 4 rings (SSSR count). The summed E-state index contributed by atoms with van der Waals surface area (Å²) in [4.78, 5) is 13.4. The molecule has 1 unspecified atom stereocenters. The molecule has 0 amide bonds. The van der Waals surface area contributed by atoms with Crippen molar-refractivity contribution in [2.24, 2.45) is 11.7 Å². The molecule has 0 spiro atoms. The Kier molecular flexibility index (Phi) is 12.3. The predicted octanol–water partition coefficient (Wildman–Crippen LogP) is 5.33.